The second-order valence-electron chi connectivity index (χ2n) is 10.4. The van der Waals surface area contributed by atoms with Gasteiger partial charge in [0.05, 0.1) is 29.4 Å². The van der Waals surface area contributed by atoms with E-state index in [1.807, 2.05) is 60.7 Å². The van der Waals surface area contributed by atoms with Crippen LogP contribution in [-0.4, -0.2) is 24.8 Å². The molecule has 1 saturated heterocycles. The third-order valence-electron chi connectivity index (χ3n) is 7.65. The van der Waals surface area contributed by atoms with Crippen LogP contribution < -0.4 is 9.47 Å². The van der Waals surface area contributed by atoms with Crippen molar-refractivity contribution in [3.8, 4) is 28.8 Å². The number of hydrogen-bond donors (Lipinski definition) is 0. The maximum Gasteiger partial charge on any atom is 0.214 e. The normalized spacial score (nSPS) is 16.6. The lowest BCUT2D eigenvalue weighted by molar-refractivity contribution is -0.0599. The first kappa shape index (κ1) is 27.5. The third-order valence-corrected chi connectivity index (χ3v) is 7.65. The molecule has 0 amide bonds. The van der Waals surface area contributed by atoms with E-state index in [-0.39, 0.29) is 18.8 Å². The summed E-state index contributed by atoms with van der Waals surface area (Å²) in [6.45, 7) is 1.38. The molecule has 1 aliphatic heterocycles. The lowest BCUT2D eigenvalue weighted by Gasteiger charge is -2.29. The van der Waals surface area contributed by atoms with Gasteiger partial charge < -0.3 is 18.9 Å². The highest BCUT2D eigenvalue weighted by Gasteiger charge is 2.24. The van der Waals surface area contributed by atoms with Crippen molar-refractivity contribution in [1.29, 1.82) is 5.26 Å². The second-order valence-corrected chi connectivity index (χ2v) is 10.4. The Hall–Kier alpha value is -4.70. The summed E-state index contributed by atoms with van der Waals surface area (Å²) in [5, 5.41) is 10.5. The smallest absolute Gasteiger partial charge is 0.214 e. The van der Waals surface area contributed by atoms with Crippen molar-refractivity contribution in [3.05, 3.63) is 125 Å². The summed E-state index contributed by atoms with van der Waals surface area (Å²) in [6, 6.07) is 36.2. The molecule has 2 atom stereocenters. The number of nitriles is 1. The van der Waals surface area contributed by atoms with E-state index in [1.165, 1.54) is 0 Å². The van der Waals surface area contributed by atoms with Gasteiger partial charge in [-0.15, -0.1) is 0 Å². The molecule has 0 bridgehead atoms. The number of methoxy groups -OCH3 is 1. The molecule has 0 saturated carbocycles. The number of aromatic nitrogens is 1. The van der Waals surface area contributed by atoms with Gasteiger partial charge in [0.25, 0.3) is 0 Å². The molecule has 4 aromatic carbocycles. The Morgan fingerprint density at radius 1 is 0.881 bits per heavy atom. The summed E-state index contributed by atoms with van der Waals surface area (Å²) < 4.78 is 24.0. The van der Waals surface area contributed by atoms with Crippen LogP contribution in [0.15, 0.2) is 103 Å². The van der Waals surface area contributed by atoms with E-state index >= 15 is 0 Å². The molecule has 6 nitrogen and oxygen atoms in total. The minimum absolute atomic E-state index is 0.0310. The SMILES string of the molecule is COC1CCOC(c2cccc(COc3ccc4c(-c5ccccc5)cc(OCc5ccccc5C#N)nc4c3)c2)C1. The molecule has 6 heteroatoms. The van der Waals surface area contributed by atoms with Crippen LogP contribution >= 0.6 is 0 Å². The van der Waals surface area contributed by atoms with Gasteiger partial charge in [-0.1, -0.05) is 66.7 Å². The number of fused-ring (bicyclic) bond motifs is 1. The molecule has 2 heterocycles. The quantitative estimate of drug-likeness (QED) is 0.184. The van der Waals surface area contributed by atoms with Crippen LogP contribution in [0.5, 0.6) is 11.6 Å². The summed E-state index contributed by atoms with van der Waals surface area (Å²) >= 11 is 0. The molecule has 0 N–H and O–H groups in total. The fourth-order valence-electron chi connectivity index (χ4n) is 5.37. The Bertz CT molecular complexity index is 1710. The predicted molar refractivity (Wildman–Crippen MR) is 162 cm³/mol. The first-order valence-corrected chi connectivity index (χ1v) is 14.2. The van der Waals surface area contributed by atoms with Crippen LogP contribution in [0.4, 0.5) is 0 Å². The Morgan fingerprint density at radius 2 is 1.74 bits per heavy atom. The van der Waals surface area contributed by atoms with E-state index in [4.69, 9.17) is 23.9 Å². The number of nitrogens with zero attached hydrogens (tertiary/aromatic N) is 2. The van der Waals surface area contributed by atoms with Crippen molar-refractivity contribution in [1.82, 2.24) is 4.98 Å². The van der Waals surface area contributed by atoms with Crippen molar-refractivity contribution in [2.45, 2.75) is 38.3 Å². The number of benzene rings is 4. The predicted octanol–water partition coefficient (Wildman–Crippen LogP) is 7.80. The van der Waals surface area contributed by atoms with Crippen LogP contribution in [0.3, 0.4) is 0 Å². The maximum absolute atomic E-state index is 9.47. The maximum atomic E-state index is 9.47. The molecule has 1 aromatic heterocycles. The number of ether oxygens (including phenoxy) is 4. The number of pyridine rings is 1. The van der Waals surface area contributed by atoms with Gasteiger partial charge in [0, 0.05) is 43.2 Å². The monoisotopic (exact) mass is 556 g/mol. The molecule has 2 unspecified atom stereocenters. The summed E-state index contributed by atoms with van der Waals surface area (Å²) in [6.07, 6.45) is 2.04. The minimum atomic E-state index is 0.0310. The third kappa shape index (κ3) is 6.28. The number of rotatable bonds is 9. The van der Waals surface area contributed by atoms with Crippen LogP contribution in [0.25, 0.3) is 22.0 Å². The fourth-order valence-corrected chi connectivity index (χ4v) is 5.37. The first-order valence-electron chi connectivity index (χ1n) is 14.2. The van der Waals surface area contributed by atoms with E-state index in [2.05, 4.69) is 42.5 Å². The zero-order valence-electron chi connectivity index (χ0n) is 23.5. The van der Waals surface area contributed by atoms with Crippen molar-refractivity contribution >= 4 is 10.9 Å². The summed E-state index contributed by atoms with van der Waals surface area (Å²) in [5.74, 6) is 1.21. The molecule has 1 aliphatic rings. The number of hydrogen-bond acceptors (Lipinski definition) is 6. The largest absolute Gasteiger partial charge is 0.489 e. The van der Waals surface area contributed by atoms with Crippen molar-refractivity contribution < 1.29 is 18.9 Å². The van der Waals surface area contributed by atoms with Crippen molar-refractivity contribution in [2.24, 2.45) is 0 Å². The lowest BCUT2D eigenvalue weighted by Crippen LogP contribution is -2.25. The van der Waals surface area contributed by atoms with E-state index in [0.29, 0.717) is 24.7 Å². The van der Waals surface area contributed by atoms with E-state index in [9.17, 15) is 5.26 Å². The summed E-state index contributed by atoms with van der Waals surface area (Å²) in [5.41, 5.74) is 6.48. The Kier molecular flexibility index (Phi) is 8.41. The molecule has 6 rings (SSSR count). The molecular formula is C36H32N2O4. The molecule has 0 aliphatic carbocycles. The average Bonchev–Trinajstić information content (AvgIpc) is 3.06. The molecule has 1 fully saturated rings. The van der Waals surface area contributed by atoms with Crippen molar-refractivity contribution in [3.63, 3.8) is 0 Å². The van der Waals surface area contributed by atoms with E-state index in [0.717, 1.165) is 57.3 Å². The molecule has 5 aromatic rings. The fraction of sp³-hybridized carbons (Fsp3) is 0.222. The lowest BCUT2D eigenvalue weighted by atomic mass is 9.98. The van der Waals surface area contributed by atoms with Crippen LogP contribution in [0.1, 0.15) is 41.2 Å². The van der Waals surface area contributed by atoms with E-state index in [1.54, 1.807) is 13.2 Å². The Balaban J connectivity index is 1.25. The Morgan fingerprint density at radius 3 is 2.60 bits per heavy atom. The Labute approximate surface area is 246 Å². The van der Waals surface area contributed by atoms with E-state index < -0.39 is 0 Å². The van der Waals surface area contributed by atoms with Gasteiger partial charge in [0.2, 0.25) is 5.88 Å². The highest BCUT2D eigenvalue weighted by Crippen LogP contribution is 2.34. The molecule has 0 radical (unpaired) electrons. The highest BCUT2D eigenvalue weighted by molar-refractivity contribution is 5.95. The highest BCUT2D eigenvalue weighted by atomic mass is 16.5. The molecular weight excluding hydrogens is 524 g/mol. The van der Waals surface area contributed by atoms with Gasteiger partial charge in [-0.25, -0.2) is 4.98 Å². The zero-order valence-corrected chi connectivity index (χ0v) is 23.5. The molecule has 210 valence electrons. The molecule has 42 heavy (non-hydrogen) atoms. The zero-order chi connectivity index (χ0) is 28.7. The average molecular weight is 557 g/mol. The standard InChI is InChI=1S/C36H32N2O4/c1-39-30-16-17-40-35(20-30)27-13-7-8-25(18-27)23-41-31-14-15-32-33(26-9-3-2-4-10-26)21-36(38-34(32)19-31)42-24-29-12-6-5-11-28(29)22-37/h2-15,18-19,21,30,35H,16-17,20,23-24H2,1H3. The van der Waals surface area contributed by atoms with Crippen LogP contribution in [-0.2, 0) is 22.7 Å². The minimum Gasteiger partial charge on any atom is -0.489 e. The summed E-state index contributed by atoms with van der Waals surface area (Å²) in [7, 11) is 1.77. The van der Waals surface area contributed by atoms with Gasteiger partial charge in [-0.3, -0.25) is 0 Å². The van der Waals surface area contributed by atoms with Gasteiger partial charge in [0.1, 0.15) is 19.0 Å². The topological polar surface area (TPSA) is 73.6 Å². The van der Waals surface area contributed by atoms with Crippen molar-refractivity contribution in [2.75, 3.05) is 13.7 Å². The summed E-state index contributed by atoms with van der Waals surface area (Å²) in [4.78, 5) is 4.82. The second kappa shape index (κ2) is 12.9. The van der Waals surface area contributed by atoms with Gasteiger partial charge in [-0.05, 0) is 52.9 Å². The molecule has 0 spiro atoms. The van der Waals surface area contributed by atoms with Gasteiger partial charge in [-0.2, -0.15) is 5.26 Å². The first-order chi connectivity index (χ1) is 20.7. The van der Waals surface area contributed by atoms with Crippen LogP contribution in [0, 0.1) is 11.3 Å². The van der Waals surface area contributed by atoms with Crippen LogP contribution in [0.2, 0.25) is 0 Å². The van der Waals surface area contributed by atoms with Gasteiger partial charge >= 0.3 is 0 Å². The van der Waals surface area contributed by atoms with Gasteiger partial charge in [0.15, 0.2) is 0 Å².